The van der Waals surface area contributed by atoms with Gasteiger partial charge in [0.05, 0.1) is 6.61 Å². The Hall–Kier alpha value is -1.62. The molecule has 0 amide bonds. The lowest BCUT2D eigenvalue weighted by molar-refractivity contribution is 0.0527. The molecule has 1 aromatic rings. The maximum atomic E-state index is 11.8. The highest BCUT2D eigenvalue weighted by atomic mass is 16.5. The van der Waals surface area contributed by atoms with E-state index < -0.39 is 0 Å². The third-order valence-corrected chi connectivity index (χ3v) is 3.46. The van der Waals surface area contributed by atoms with E-state index in [1.807, 2.05) is 0 Å². The van der Waals surface area contributed by atoms with Crippen LogP contribution >= 0.6 is 0 Å². The smallest absolute Gasteiger partial charge is 0.341 e. The Balaban J connectivity index is 1.90. The van der Waals surface area contributed by atoms with Crippen molar-refractivity contribution in [3.8, 4) is 0 Å². The first-order valence-corrected chi connectivity index (χ1v) is 7.36. The lowest BCUT2D eigenvalue weighted by Crippen LogP contribution is -2.31. The summed E-state index contributed by atoms with van der Waals surface area (Å²) in [6, 6.07) is 4.25. The summed E-state index contributed by atoms with van der Waals surface area (Å²) in [5.41, 5.74) is 0.504. The molecular weight excluding hydrogens is 254 g/mol. The number of likely N-dealkylation sites (N-methyl/N-ethyl adjacent to an activating group) is 1. The summed E-state index contributed by atoms with van der Waals surface area (Å²) in [5, 5.41) is 3.25. The summed E-state index contributed by atoms with van der Waals surface area (Å²) < 4.78 is 5.04. The van der Waals surface area contributed by atoms with Crippen LogP contribution in [-0.4, -0.2) is 48.1 Å². The van der Waals surface area contributed by atoms with Crippen LogP contribution in [0.25, 0.3) is 0 Å². The summed E-state index contributed by atoms with van der Waals surface area (Å²) in [4.78, 5) is 18.5. The number of pyridine rings is 1. The molecule has 0 saturated heterocycles. The summed E-state index contributed by atoms with van der Waals surface area (Å²) in [7, 11) is 0. The zero-order chi connectivity index (χ0) is 14.4. The van der Waals surface area contributed by atoms with Crippen molar-refractivity contribution in [3.05, 3.63) is 23.9 Å². The number of ether oxygens (including phenoxy) is 1. The molecule has 1 saturated carbocycles. The van der Waals surface area contributed by atoms with Gasteiger partial charge in [-0.05, 0) is 38.4 Å². The van der Waals surface area contributed by atoms with E-state index in [2.05, 4.69) is 22.1 Å². The highest BCUT2D eigenvalue weighted by molar-refractivity contribution is 5.94. The first-order chi connectivity index (χ1) is 9.76. The second-order valence-electron chi connectivity index (χ2n) is 4.91. The molecule has 1 N–H and O–H groups in total. The minimum atomic E-state index is -0.322. The van der Waals surface area contributed by atoms with Crippen LogP contribution in [0.1, 0.15) is 37.0 Å². The number of esters is 1. The van der Waals surface area contributed by atoms with Crippen molar-refractivity contribution in [2.75, 3.05) is 31.6 Å². The highest BCUT2D eigenvalue weighted by Crippen LogP contribution is 2.26. The van der Waals surface area contributed by atoms with Gasteiger partial charge >= 0.3 is 5.97 Å². The topological polar surface area (TPSA) is 54.5 Å². The Morgan fingerprint density at radius 1 is 1.50 bits per heavy atom. The van der Waals surface area contributed by atoms with Gasteiger partial charge in [-0.3, -0.25) is 4.90 Å². The van der Waals surface area contributed by atoms with Gasteiger partial charge in [0.2, 0.25) is 0 Å². The molecule has 1 fully saturated rings. The lowest BCUT2D eigenvalue weighted by atomic mass is 10.2. The van der Waals surface area contributed by atoms with Crippen molar-refractivity contribution in [1.82, 2.24) is 9.88 Å². The van der Waals surface area contributed by atoms with Gasteiger partial charge in [-0.1, -0.05) is 6.92 Å². The third-order valence-electron chi connectivity index (χ3n) is 3.46. The Kier molecular flexibility index (Phi) is 5.35. The van der Waals surface area contributed by atoms with Crippen LogP contribution in [0.4, 0.5) is 5.82 Å². The largest absolute Gasteiger partial charge is 0.462 e. The Morgan fingerprint density at radius 3 is 2.95 bits per heavy atom. The number of carbonyl (C=O) groups excluding carboxylic acids is 1. The van der Waals surface area contributed by atoms with E-state index in [-0.39, 0.29) is 5.97 Å². The fourth-order valence-corrected chi connectivity index (χ4v) is 2.28. The van der Waals surface area contributed by atoms with Crippen LogP contribution < -0.4 is 5.32 Å². The predicted octanol–water partition coefficient (Wildman–Crippen LogP) is 2.15. The van der Waals surface area contributed by atoms with Crippen molar-refractivity contribution in [3.63, 3.8) is 0 Å². The molecule has 1 aliphatic carbocycles. The third kappa shape index (κ3) is 3.93. The number of carbonyl (C=O) groups is 1. The zero-order valence-corrected chi connectivity index (χ0v) is 12.3. The fraction of sp³-hybridized carbons (Fsp3) is 0.600. The summed E-state index contributed by atoms with van der Waals surface area (Å²) in [6.45, 7) is 7.19. The predicted molar refractivity (Wildman–Crippen MR) is 79.0 cm³/mol. The summed E-state index contributed by atoms with van der Waals surface area (Å²) in [5.74, 6) is 0.287. The molecule has 0 spiro atoms. The standard InChI is InChI=1S/C15H23N3O2/c1-3-18(12-7-8-12)11-10-17-14-13(6-5-9-16-14)15(19)20-4-2/h5-6,9,12H,3-4,7-8,10-11H2,1-2H3,(H,16,17). The molecule has 1 aromatic heterocycles. The van der Waals surface area contributed by atoms with Crippen molar-refractivity contribution in [2.45, 2.75) is 32.7 Å². The van der Waals surface area contributed by atoms with Crippen molar-refractivity contribution in [2.24, 2.45) is 0 Å². The number of rotatable bonds is 8. The molecule has 0 aromatic carbocycles. The normalized spacial score (nSPS) is 14.3. The average Bonchev–Trinajstić information content (AvgIpc) is 3.29. The SMILES string of the molecule is CCOC(=O)c1cccnc1NCCN(CC)C1CC1. The molecule has 1 aliphatic rings. The quantitative estimate of drug-likeness (QED) is 0.738. The van der Waals surface area contributed by atoms with Gasteiger partial charge in [0.15, 0.2) is 0 Å². The van der Waals surface area contributed by atoms with Crippen LogP contribution in [0.5, 0.6) is 0 Å². The lowest BCUT2D eigenvalue weighted by Gasteiger charge is -2.20. The molecule has 20 heavy (non-hydrogen) atoms. The van der Waals surface area contributed by atoms with Gasteiger partial charge in [0.25, 0.3) is 0 Å². The van der Waals surface area contributed by atoms with E-state index in [1.165, 1.54) is 12.8 Å². The maximum absolute atomic E-state index is 11.8. The molecule has 0 radical (unpaired) electrons. The van der Waals surface area contributed by atoms with Gasteiger partial charge in [-0.15, -0.1) is 0 Å². The zero-order valence-electron chi connectivity index (χ0n) is 12.3. The molecule has 5 heteroatoms. The highest BCUT2D eigenvalue weighted by Gasteiger charge is 2.27. The Labute approximate surface area is 120 Å². The average molecular weight is 277 g/mol. The minimum absolute atomic E-state index is 0.322. The van der Waals surface area contributed by atoms with Gasteiger partial charge in [0.1, 0.15) is 11.4 Å². The number of nitrogens with zero attached hydrogens (tertiary/aromatic N) is 2. The van der Waals surface area contributed by atoms with E-state index in [1.54, 1.807) is 25.3 Å². The van der Waals surface area contributed by atoms with Crippen molar-refractivity contribution in [1.29, 1.82) is 0 Å². The van der Waals surface area contributed by atoms with Crippen LogP contribution in [-0.2, 0) is 4.74 Å². The fourth-order valence-electron chi connectivity index (χ4n) is 2.28. The molecule has 1 heterocycles. The summed E-state index contributed by atoms with van der Waals surface area (Å²) in [6.07, 6.45) is 4.31. The van der Waals surface area contributed by atoms with Crippen molar-refractivity contribution < 1.29 is 9.53 Å². The van der Waals surface area contributed by atoms with Crippen LogP contribution in [0.3, 0.4) is 0 Å². The summed E-state index contributed by atoms with van der Waals surface area (Å²) >= 11 is 0. The van der Waals surface area contributed by atoms with E-state index in [0.717, 1.165) is 25.7 Å². The second kappa shape index (κ2) is 7.24. The van der Waals surface area contributed by atoms with Crippen molar-refractivity contribution >= 4 is 11.8 Å². The van der Waals surface area contributed by atoms with Gasteiger partial charge in [0, 0.05) is 25.3 Å². The number of aromatic nitrogens is 1. The molecular formula is C15H23N3O2. The Bertz CT molecular complexity index is 446. The van der Waals surface area contributed by atoms with E-state index in [0.29, 0.717) is 18.0 Å². The van der Waals surface area contributed by atoms with Crippen LogP contribution in [0, 0.1) is 0 Å². The molecule has 5 nitrogen and oxygen atoms in total. The Morgan fingerprint density at radius 2 is 2.30 bits per heavy atom. The van der Waals surface area contributed by atoms with Crippen LogP contribution in [0.2, 0.25) is 0 Å². The number of hydrogen-bond acceptors (Lipinski definition) is 5. The number of hydrogen-bond donors (Lipinski definition) is 1. The first-order valence-electron chi connectivity index (χ1n) is 7.36. The monoisotopic (exact) mass is 277 g/mol. The van der Waals surface area contributed by atoms with Gasteiger partial charge in [-0.25, -0.2) is 9.78 Å². The first kappa shape index (κ1) is 14.8. The number of anilines is 1. The molecule has 110 valence electrons. The molecule has 2 rings (SSSR count). The van der Waals surface area contributed by atoms with E-state index >= 15 is 0 Å². The van der Waals surface area contributed by atoms with E-state index in [4.69, 9.17) is 4.74 Å². The van der Waals surface area contributed by atoms with Gasteiger partial charge in [-0.2, -0.15) is 0 Å². The minimum Gasteiger partial charge on any atom is -0.462 e. The molecule has 0 atom stereocenters. The maximum Gasteiger partial charge on any atom is 0.341 e. The molecule has 0 bridgehead atoms. The van der Waals surface area contributed by atoms with Crippen LogP contribution in [0.15, 0.2) is 18.3 Å². The number of nitrogens with one attached hydrogen (secondary N) is 1. The van der Waals surface area contributed by atoms with Gasteiger partial charge < -0.3 is 10.1 Å². The molecule has 0 unspecified atom stereocenters. The molecule has 0 aliphatic heterocycles. The van der Waals surface area contributed by atoms with E-state index in [9.17, 15) is 4.79 Å². The second-order valence-corrected chi connectivity index (χ2v) is 4.91.